The molecule has 4 rings (SSSR count). The summed E-state index contributed by atoms with van der Waals surface area (Å²) in [5.74, 6) is 0.480. The van der Waals surface area contributed by atoms with Gasteiger partial charge in [0.15, 0.2) is 5.65 Å². The van der Waals surface area contributed by atoms with E-state index in [0.29, 0.717) is 35.2 Å². The van der Waals surface area contributed by atoms with Gasteiger partial charge < -0.3 is 4.90 Å². The maximum absolute atomic E-state index is 12.7. The summed E-state index contributed by atoms with van der Waals surface area (Å²) >= 11 is 6.02. The van der Waals surface area contributed by atoms with Crippen LogP contribution in [0.1, 0.15) is 37.6 Å². The first-order chi connectivity index (χ1) is 13.3. The Kier molecular flexibility index (Phi) is 4.75. The average Bonchev–Trinajstić information content (AvgIpc) is 3.15. The largest absolute Gasteiger partial charge is 0.342 e. The number of hydrogen-bond donors (Lipinski definition) is 1. The summed E-state index contributed by atoms with van der Waals surface area (Å²) in [5, 5.41) is 3.76. The van der Waals surface area contributed by atoms with Gasteiger partial charge in [-0.3, -0.25) is 14.7 Å². The van der Waals surface area contributed by atoms with Crippen molar-refractivity contribution in [2.45, 2.75) is 33.1 Å². The number of amides is 1. The Bertz CT molecular complexity index is 1100. The van der Waals surface area contributed by atoms with Gasteiger partial charge in [0.2, 0.25) is 5.91 Å². The minimum atomic E-state index is -0.168. The Hall–Kier alpha value is -2.60. The monoisotopic (exact) mass is 398 g/mol. The van der Waals surface area contributed by atoms with Crippen LogP contribution in [0.15, 0.2) is 35.1 Å². The molecule has 2 aromatic heterocycles. The second-order valence-corrected chi connectivity index (χ2v) is 8.33. The number of H-pyrrole nitrogens is 1. The number of likely N-dealkylation sites (tertiary alicyclic amines) is 1. The van der Waals surface area contributed by atoms with Crippen LogP contribution < -0.4 is 5.56 Å². The highest BCUT2D eigenvalue weighted by Gasteiger charge is 2.32. The average molecular weight is 399 g/mol. The predicted octanol–water partition coefficient (Wildman–Crippen LogP) is 3.62. The number of carbonyl (C=O) groups excluding carboxylic acids is 1. The molecule has 1 amide bonds. The number of hydrogen-bond acceptors (Lipinski definition) is 3. The third kappa shape index (κ3) is 3.33. The molecular weight excluding hydrogens is 376 g/mol. The number of benzene rings is 1. The number of halogens is 1. The smallest absolute Gasteiger partial charge is 0.272 e. The summed E-state index contributed by atoms with van der Waals surface area (Å²) in [6.45, 7) is 7.45. The van der Waals surface area contributed by atoms with Crippen molar-refractivity contribution in [1.29, 1.82) is 0 Å². The van der Waals surface area contributed by atoms with Crippen molar-refractivity contribution < 1.29 is 4.79 Å². The van der Waals surface area contributed by atoms with Crippen molar-refractivity contribution >= 4 is 23.2 Å². The number of aryl methyl sites for hydroxylation is 1. The topological polar surface area (TPSA) is 70.5 Å². The van der Waals surface area contributed by atoms with Crippen LogP contribution in [0.3, 0.4) is 0 Å². The van der Waals surface area contributed by atoms with Gasteiger partial charge in [-0.1, -0.05) is 37.6 Å². The van der Waals surface area contributed by atoms with Crippen LogP contribution in [0.25, 0.3) is 16.8 Å². The highest BCUT2D eigenvalue weighted by atomic mass is 35.5. The quantitative estimate of drug-likeness (QED) is 0.729. The first-order valence-electron chi connectivity index (χ1n) is 9.49. The second kappa shape index (κ2) is 7.09. The first-order valence-corrected chi connectivity index (χ1v) is 9.87. The molecule has 1 aliphatic heterocycles. The third-order valence-corrected chi connectivity index (χ3v) is 5.42. The van der Waals surface area contributed by atoms with E-state index in [0.717, 1.165) is 23.4 Å². The van der Waals surface area contributed by atoms with Gasteiger partial charge in [-0.15, -0.1) is 0 Å². The Morgan fingerprint density at radius 3 is 2.64 bits per heavy atom. The van der Waals surface area contributed by atoms with Crippen molar-refractivity contribution in [2.75, 3.05) is 13.1 Å². The van der Waals surface area contributed by atoms with Crippen molar-refractivity contribution in [1.82, 2.24) is 19.5 Å². The predicted molar refractivity (Wildman–Crippen MR) is 110 cm³/mol. The summed E-state index contributed by atoms with van der Waals surface area (Å²) in [6, 6.07) is 9.02. The summed E-state index contributed by atoms with van der Waals surface area (Å²) < 4.78 is 1.46. The van der Waals surface area contributed by atoms with Crippen LogP contribution in [0.5, 0.6) is 0 Å². The molecule has 0 saturated carbocycles. The fourth-order valence-corrected chi connectivity index (χ4v) is 4.05. The maximum atomic E-state index is 12.7. The van der Waals surface area contributed by atoms with E-state index in [-0.39, 0.29) is 17.4 Å². The van der Waals surface area contributed by atoms with Gasteiger partial charge in [0.05, 0.1) is 5.69 Å². The Balaban J connectivity index is 1.78. The van der Waals surface area contributed by atoms with E-state index in [2.05, 4.69) is 18.9 Å². The van der Waals surface area contributed by atoms with E-state index in [1.54, 1.807) is 6.07 Å². The molecule has 3 heterocycles. The second-order valence-electron chi connectivity index (χ2n) is 7.89. The Labute approximate surface area is 168 Å². The Morgan fingerprint density at radius 1 is 1.25 bits per heavy atom. The molecule has 1 N–H and O–H groups in total. The summed E-state index contributed by atoms with van der Waals surface area (Å²) in [4.78, 5) is 31.8. The first kappa shape index (κ1) is 18.7. The van der Waals surface area contributed by atoms with Crippen LogP contribution in [0.2, 0.25) is 5.02 Å². The molecular formula is C21H23ClN4O2. The zero-order valence-electron chi connectivity index (χ0n) is 16.2. The molecule has 0 bridgehead atoms. The Morgan fingerprint density at radius 2 is 1.96 bits per heavy atom. The SMILES string of the molecule is Cc1[nH]n2c(=O)cc(C3CC(=O)N(CC(C)C)C3)nc2c1-c1ccc(Cl)cc1. The van der Waals surface area contributed by atoms with Crippen molar-refractivity contribution in [3.8, 4) is 11.1 Å². The molecule has 7 heteroatoms. The molecule has 1 unspecified atom stereocenters. The van der Waals surface area contributed by atoms with Gasteiger partial charge in [0, 0.05) is 47.8 Å². The van der Waals surface area contributed by atoms with Crippen LogP contribution in [-0.4, -0.2) is 38.5 Å². The molecule has 0 aliphatic carbocycles. The minimum absolute atomic E-state index is 0.0581. The number of aromatic nitrogens is 3. The van der Waals surface area contributed by atoms with E-state index in [4.69, 9.17) is 16.6 Å². The normalized spacial score (nSPS) is 17.2. The van der Waals surface area contributed by atoms with E-state index in [1.165, 1.54) is 4.52 Å². The molecule has 1 atom stereocenters. The zero-order valence-corrected chi connectivity index (χ0v) is 17.0. The summed E-state index contributed by atoms with van der Waals surface area (Å²) in [7, 11) is 0. The molecule has 6 nitrogen and oxygen atoms in total. The van der Waals surface area contributed by atoms with E-state index in [9.17, 15) is 9.59 Å². The number of rotatable bonds is 4. The highest BCUT2D eigenvalue weighted by Crippen LogP contribution is 2.31. The molecule has 28 heavy (non-hydrogen) atoms. The number of aromatic amines is 1. The van der Waals surface area contributed by atoms with Crippen LogP contribution in [0, 0.1) is 12.8 Å². The molecule has 146 valence electrons. The third-order valence-electron chi connectivity index (χ3n) is 5.17. The molecule has 1 aromatic carbocycles. The lowest BCUT2D eigenvalue weighted by Gasteiger charge is -2.18. The number of nitrogens with one attached hydrogen (secondary N) is 1. The fraction of sp³-hybridized carbons (Fsp3) is 0.381. The molecule has 0 radical (unpaired) electrons. The molecule has 0 spiro atoms. The van der Waals surface area contributed by atoms with E-state index >= 15 is 0 Å². The molecule has 1 aliphatic rings. The van der Waals surface area contributed by atoms with Gasteiger partial charge in [0.25, 0.3) is 5.56 Å². The van der Waals surface area contributed by atoms with Crippen LogP contribution >= 0.6 is 11.6 Å². The lowest BCUT2D eigenvalue weighted by molar-refractivity contribution is -0.128. The molecule has 1 fully saturated rings. The van der Waals surface area contributed by atoms with E-state index in [1.807, 2.05) is 36.1 Å². The number of fused-ring (bicyclic) bond motifs is 1. The fourth-order valence-electron chi connectivity index (χ4n) is 3.93. The zero-order chi connectivity index (χ0) is 20.0. The summed E-state index contributed by atoms with van der Waals surface area (Å²) in [6.07, 6.45) is 0.398. The van der Waals surface area contributed by atoms with Crippen LogP contribution in [-0.2, 0) is 4.79 Å². The highest BCUT2D eigenvalue weighted by molar-refractivity contribution is 6.30. The van der Waals surface area contributed by atoms with Crippen molar-refractivity contribution in [3.05, 3.63) is 57.1 Å². The maximum Gasteiger partial charge on any atom is 0.272 e. The van der Waals surface area contributed by atoms with E-state index < -0.39 is 0 Å². The van der Waals surface area contributed by atoms with Crippen molar-refractivity contribution in [3.63, 3.8) is 0 Å². The van der Waals surface area contributed by atoms with Crippen LogP contribution in [0.4, 0.5) is 0 Å². The molecule has 3 aromatic rings. The summed E-state index contributed by atoms with van der Waals surface area (Å²) in [5.41, 5.74) is 3.76. The standard InChI is InChI=1S/C21H23ClN4O2/c1-12(2)10-25-11-15(8-18(25)27)17-9-19(28)26-21(23-17)20(13(3)24-26)14-4-6-16(22)7-5-14/h4-7,9,12,15,24H,8,10-11H2,1-3H3. The van der Waals surface area contributed by atoms with Gasteiger partial charge in [-0.2, -0.15) is 0 Å². The minimum Gasteiger partial charge on any atom is -0.342 e. The molecule has 1 saturated heterocycles. The lowest BCUT2D eigenvalue weighted by Crippen LogP contribution is -2.29. The lowest BCUT2D eigenvalue weighted by atomic mass is 10.0. The van der Waals surface area contributed by atoms with Gasteiger partial charge in [-0.05, 0) is 30.5 Å². The van der Waals surface area contributed by atoms with Gasteiger partial charge in [0.1, 0.15) is 0 Å². The van der Waals surface area contributed by atoms with Gasteiger partial charge in [-0.25, -0.2) is 9.50 Å². The number of nitrogens with zero attached hydrogens (tertiary/aromatic N) is 3. The number of carbonyl (C=O) groups is 1. The van der Waals surface area contributed by atoms with Gasteiger partial charge >= 0.3 is 0 Å². The van der Waals surface area contributed by atoms with Crippen molar-refractivity contribution in [2.24, 2.45) is 5.92 Å².